The zero-order valence-corrected chi connectivity index (χ0v) is 10.6. The zero-order chi connectivity index (χ0) is 15.0. The highest BCUT2D eigenvalue weighted by Crippen LogP contribution is 2.05. The molecule has 3 N–H and O–H groups in total. The van der Waals surface area contributed by atoms with E-state index in [2.05, 4.69) is 5.32 Å². The molecule has 0 radical (unpaired) electrons. The molecule has 0 unspecified atom stereocenters. The lowest BCUT2D eigenvalue weighted by Gasteiger charge is -2.05. The third-order valence-electron chi connectivity index (χ3n) is 2.44. The van der Waals surface area contributed by atoms with Gasteiger partial charge in [0.25, 0.3) is 0 Å². The summed E-state index contributed by atoms with van der Waals surface area (Å²) in [6.07, 6.45) is 1.29. The summed E-state index contributed by atoms with van der Waals surface area (Å²) in [5.74, 6) is -1.71. The first-order chi connectivity index (χ1) is 9.52. The van der Waals surface area contributed by atoms with Crippen LogP contribution in [0.2, 0.25) is 0 Å². The molecule has 0 heterocycles. The van der Waals surface area contributed by atoms with Crippen molar-refractivity contribution in [1.29, 1.82) is 5.26 Å². The molecular weight excluding hydrogens is 260 g/mol. The van der Waals surface area contributed by atoms with Crippen LogP contribution in [0.15, 0.2) is 30.3 Å². The summed E-state index contributed by atoms with van der Waals surface area (Å²) in [5, 5.41) is 28.6. The highest BCUT2D eigenvalue weighted by molar-refractivity contribution is 5.91. The fourth-order valence-electron chi connectivity index (χ4n) is 1.40. The van der Waals surface area contributed by atoms with Crippen LogP contribution < -0.4 is 5.32 Å². The molecule has 0 bridgehead atoms. The summed E-state index contributed by atoms with van der Waals surface area (Å²) in [6.45, 7) is 0.0644. The lowest BCUT2D eigenvalue weighted by Crippen LogP contribution is -2.28. The van der Waals surface area contributed by atoms with Gasteiger partial charge in [0, 0.05) is 19.0 Å². The highest BCUT2D eigenvalue weighted by atomic mass is 16.4. The molecule has 6 nitrogen and oxygen atoms in total. The Hall–Kier alpha value is -2.65. The number of amides is 1. The molecule has 0 aliphatic carbocycles. The second-order valence-corrected chi connectivity index (χ2v) is 4.00. The number of benzene rings is 1. The number of rotatable bonds is 6. The predicted molar refractivity (Wildman–Crippen MR) is 71.5 cm³/mol. The average molecular weight is 274 g/mol. The van der Waals surface area contributed by atoms with E-state index in [9.17, 15) is 9.59 Å². The van der Waals surface area contributed by atoms with Crippen LogP contribution in [0.1, 0.15) is 17.5 Å². The normalized spacial score (nSPS) is 11.8. The monoisotopic (exact) mass is 274 g/mol. The minimum Gasteiger partial charge on any atom is -0.479 e. The largest absolute Gasteiger partial charge is 0.479 e. The first-order valence-electron chi connectivity index (χ1n) is 5.90. The van der Waals surface area contributed by atoms with Crippen LogP contribution in [0.5, 0.6) is 0 Å². The quantitative estimate of drug-likeness (QED) is 0.655. The van der Waals surface area contributed by atoms with E-state index in [4.69, 9.17) is 15.5 Å². The Morgan fingerprint density at radius 3 is 2.85 bits per heavy atom. The summed E-state index contributed by atoms with van der Waals surface area (Å²) in [7, 11) is 0. The number of nitriles is 1. The molecule has 0 aliphatic rings. The fourth-order valence-corrected chi connectivity index (χ4v) is 1.40. The van der Waals surface area contributed by atoms with E-state index in [0.29, 0.717) is 11.1 Å². The SMILES string of the molecule is N#Cc1cccc(/C=C/C(=O)NCC[C@H](O)C(=O)O)c1. The van der Waals surface area contributed by atoms with Crippen LogP contribution >= 0.6 is 0 Å². The van der Waals surface area contributed by atoms with E-state index in [1.165, 1.54) is 6.08 Å². The molecule has 1 aromatic carbocycles. The van der Waals surface area contributed by atoms with Crippen molar-refractivity contribution in [2.75, 3.05) is 6.54 Å². The number of carbonyl (C=O) groups excluding carboxylic acids is 1. The number of aliphatic carboxylic acids is 1. The van der Waals surface area contributed by atoms with E-state index in [0.717, 1.165) is 0 Å². The van der Waals surface area contributed by atoms with Gasteiger partial charge in [-0.15, -0.1) is 0 Å². The van der Waals surface area contributed by atoms with E-state index in [1.54, 1.807) is 30.3 Å². The van der Waals surface area contributed by atoms with E-state index in [1.807, 2.05) is 6.07 Å². The van der Waals surface area contributed by atoms with Crippen LogP contribution in [-0.4, -0.2) is 34.7 Å². The first kappa shape index (κ1) is 15.4. The van der Waals surface area contributed by atoms with E-state index < -0.39 is 18.0 Å². The molecule has 0 saturated carbocycles. The van der Waals surface area contributed by atoms with E-state index >= 15 is 0 Å². The van der Waals surface area contributed by atoms with Gasteiger partial charge >= 0.3 is 5.97 Å². The lowest BCUT2D eigenvalue weighted by molar-refractivity contribution is -0.147. The van der Waals surface area contributed by atoms with Crippen molar-refractivity contribution in [2.45, 2.75) is 12.5 Å². The Morgan fingerprint density at radius 1 is 1.45 bits per heavy atom. The topological polar surface area (TPSA) is 110 Å². The number of nitrogens with zero attached hydrogens (tertiary/aromatic N) is 1. The van der Waals surface area contributed by atoms with Gasteiger partial charge in [0.2, 0.25) is 5.91 Å². The molecule has 0 saturated heterocycles. The zero-order valence-electron chi connectivity index (χ0n) is 10.6. The number of carbonyl (C=O) groups is 2. The minimum atomic E-state index is -1.48. The minimum absolute atomic E-state index is 0.0567. The molecule has 0 spiro atoms. The maximum Gasteiger partial charge on any atom is 0.332 e. The molecule has 0 aromatic heterocycles. The summed E-state index contributed by atoms with van der Waals surface area (Å²) in [4.78, 5) is 21.8. The van der Waals surface area contributed by atoms with Gasteiger partial charge in [0.05, 0.1) is 11.6 Å². The second-order valence-electron chi connectivity index (χ2n) is 4.00. The Bertz CT molecular complexity index is 561. The van der Waals surface area contributed by atoms with Gasteiger partial charge < -0.3 is 15.5 Å². The molecule has 104 valence electrons. The van der Waals surface area contributed by atoms with Gasteiger partial charge in [0.1, 0.15) is 0 Å². The van der Waals surface area contributed by atoms with Crippen LogP contribution in [-0.2, 0) is 9.59 Å². The summed E-state index contributed by atoms with van der Waals surface area (Å²) >= 11 is 0. The Balaban J connectivity index is 2.44. The van der Waals surface area contributed by atoms with Crippen LogP contribution in [0.4, 0.5) is 0 Å². The third kappa shape index (κ3) is 5.33. The molecule has 1 amide bonds. The van der Waals surface area contributed by atoms with Crippen LogP contribution in [0.25, 0.3) is 6.08 Å². The van der Waals surface area contributed by atoms with Crippen molar-refractivity contribution in [1.82, 2.24) is 5.32 Å². The smallest absolute Gasteiger partial charge is 0.332 e. The number of nitrogens with one attached hydrogen (secondary N) is 1. The fraction of sp³-hybridized carbons (Fsp3) is 0.214. The number of carboxylic acid groups (broad SMARTS) is 1. The van der Waals surface area contributed by atoms with E-state index in [-0.39, 0.29) is 13.0 Å². The molecule has 0 fully saturated rings. The number of aliphatic hydroxyl groups is 1. The van der Waals surface area contributed by atoms with Crippen molar-refractivity contribution in [3.05, 3.63) is 41.5 Å². The van der Waals surface area contributed by atoms with Gasteiger partial charge in [-0.1, -0.05) is 12.1 Å². The Kier molecular flexibility index (Phi) is 5.94. The third-order valence-corrected chi connectivity index (χ3v) is 2.44. The molecule has 1 rings (SSSR count). The van der Waals surface area contributed by atoms with Crippen LogP contribution in [0.3, 0.4) is 0 Å². The van der Waals surface area contributed by atoms with Crippen molar-refractivity contribution in [3.63, 3.8) is 0 Å². The molecule has 0 aliphatic heterocycles. The summed E-state index contributed by atoms with van der Waals surface area (Å²) in [6, 6.07) is 8.75. The standard InChI is InChI=1S/C14H14N2O4/c15-9-11-3-1-2-10(8-11)4-5-13(18)16-7-6-12(17)14(19)20/h1-5,8,12,17H,6-7H2,(H,16,18)(H,19,20)/b5-4+/t12-/m0/s1. The first-order valence-corrected chi connectivity index (χ1v) is 5.90. The van der Waals surface area contributed by atoms with Gasteiger partial charge in [-0.05, 0) is 23.8 Å². The molecule has 20 heavy (non-hydrogen) atoms. The van der Waals surface area contributed by atoms with Crippen molar-refractivity contribution < 1.29 is 19.8 Å². The lowest BCUT2D eigenvalue weighted by atomic mass is 10.1. The molecular formula is C14H14N2O4. The van der Waals surface area contributed by atoms with Gasteiger partial charge in [0.15, 0.2) is 6.10 Å². The molecule has 6 heteroatoms. The number of aliphatic hydroxyl groups excluding tert-OH is 1. The van der Waals surface area contributed by atoms with Gasteiger partial charge in [-0.25, -0.2) is 4.79 Å². The second kappa shape index (κ2) is 7.71. The molecule has 1 aromatic rings. The number of hydrogen-bond donors (Lipinski definition) is 3. The highest BCUT2D eigenvalue weighted by Gasteiger charge is 2.12. The van der Waals surface area contributed by atoms with Crippen LogP contribution in [0, 0.1) is 11.3 Å². The van der Waals surface area contributed by atoms with Gasteiger partial charge in [-0.2, -0.15) is 5.26 Å². The van der Waals surface area contributed by atoms with Crippen molar-refractivity contribution in [3.8, 4) is 6.07 Å². The average Bonchev–Trinajstić information content (AvgIpc) is 2.45. The van der Waals surface area contributed by atoms with Crippen molar-refractivity contribution >= 4 is 18.0 Å². The van der Waals surface area contributed by atoms with Crippen molar-refractivity contribution in [2.24, 2.45) is 0 Å². The van der Waals surface area contributed by atoms with Gasteiger partial charge in [-0.3, -0.25) is 4.79 Å². The Morgan fingerprint density at radius 2 is 2.20 bits per heavy atom. The number of hydrogen-bond acceptors (Lipinski definition) is 4. The maximum atomic E-state index is 11.4. The predicted octanol–water partition coefficient (Wildman–Crippen LogP) is 0.523. The maximum absolute atomic E-state index is 11.4. The Labute approximate surface area is 116 Å². The molecule has 1 atom stereocenters. The summed E-state index contributed by atoms with van der Waals surface area (Å²) < 4.78 is 0. The summed E-state index contributed by atoms with van der Waals surface area (Å²) in [5.41, 5.74) is 1.21. The number of carboxylic acids is 1.